The molecule has 0 atom stereocenters. The molecule has 2 aliphatic carbocycles. The van der Waals surface area contributed by atoms with E-state index >= 15 is 0 Å². The Balaban J connectivity index is 0.000000583. The molecular formula is C15H21ClTi. The molecule has 2 aliphatic rings. The third-order valence-electron chi connectivity index (χ3n) is 2.89. The van der Waals surface area contributed by atoms with E-state index < -0.39 is 0 Å². The molecule has 0 amide bonds. The molecule has 0 bridgehead atoms. The SMILES string of the molecule is CC1(CC2(C)C=CC=C2)C=CC=C1.CCCl.[Ti]. The summed E-state index contributed by atoms with van der Waals surface area (Å²) in [6, 6.07) is 0. The minimum Gasteiger partial charge on any atom is -0.127 e. The van der Waals surface area contributed by atoms with Crippen LogP contribution in [0.15, 0.2) is 48.6 Å². The van der Waals surface area contributed by atoms with E-state index in [-0.39, 0.29) is 32.5 Å². The van der Waals surface area contributed by atoms with Crippen molar-refractivity contribution < 1.29 is 21.7 Å². The maximum Gasteiger partial charge on any atom is 0.0195 e. The van der Waals surface area contributed by atoms with Gasteiger partial charge in [0.05, 0.1) is 0 Å². The van der Waals surface area contributed by atoms with Gasteiger partial charge in [0.15, 0.2) is 0 Å². The summed E-state index contributed by atoms with van der Waals surface area (Å²) in [7, 11) is 0. The van der Waals surface area contributed by atoms with Crippen LogP contribution in [0.4, 0.5) is 0 Å². The van der Waals surface area contributed by atoms with Crippen LogP contribution in [0.3, 0.4) is 0 Å². The smallest absolute Gasteiger partial charge is 0.0195 e. The topological polar surface area (TPSA) is 0 Å². The normalized spacial score (nSPS) is 20.9. The Morgan fingerprint density at radius 1 is 0.824 bits per heavy atom. The van der Waals surface area contributed by atoms with E-state index in [1.165, 1.54) is 6.42 Å². The fraction of sp³-hybridized carbons (Fsp3) is 0.467. The van der Waals surface area contributed by atoms with Crippen molar-refractivity contribution in [1.82, 2.24) is 0 Å². The molecule has 0 fully saturated rings. The first-order chi connectivity index (χ1) is 7.54. The minimum atomic E-state index is 0. The molecule has 2 heteroatoms. The predicted molar refractivity (Wildman–Crippen MR) is 73.8 cm³/mol. The fourth-order valence-corrected chi connectivity index (χ4v) is 2.27. The maximum absolute atomic E-state index is 5.00. The second-order valence-electron chi connectivity index (χ2n) is 4.89. The summed E-state index contributed by atoms with van der Waals surface area (Å²) in [6.07, 6.45) is 18.9. The van der Waals surface area contributed by atoms with Gasteiger partial charge in [-0.2, -0.15) is 0 Å². The number of halogens is 1. The van der Waals surface area contributed by atoms with Gasteiger partial charge in [0.2, 0.25) is 0 Å². The summed E-state index contributed by atoms with van der Waals surface area (Å²) >= 11 is 5.00. The van der Waals surface area contributed by atoms with Crippen molar-refractivity contribution in [3.8, 4) is 0 Å². The van der Waals surface area contributed by atoms with Gasteiger partial charge in [0, 0.05) is 38.4 Å². The van der Waals surface area contributed by atoms with Crippen molar-refractivity contribution in [2.45, 2.75) is 27.2 Å². The van der Waals surface area contributed by atoms with Gasteiger partial charge in [-0.05, 0) is 6.42 Å². The summed E-state index contributed by atoms with van der Waals surface area (Å²) in [6.45, 7) is 6.47. The Morgan fingerprint density at radius 2 is 1.06 bits per heavy atom. The molecule has 0 aromatic heterocycles. The van der Waals surface area contributed by atoms with Crippen molar-refractivity contribution >= 4 is 11.6 Å². The zero-order chi connectivity index (χ0) is 12.1. The second kappa shape index (κ2) is 7.41. The van der Waals surface area contributed by atoms with Crippen LogP contribution in [0.1, 0.15) is 27.2 Å². The monoisotopic (exact) mass is 284 g/mol. The van der Waals surface area contributed by atoms with E-state index in [0.29, 0.717) is 0 Å². The molecule has 0 unspecified atom stereocenters. The van der Waals surface area contributed by atoms with Crippen LogP contribution in [0.5, 0.6) is 0 Å². The molecule has 0 saturated carbocycles. The quantitative estimate of drug-likeness (QED) is 0.500. The molecule has 92 valence electrons. The summed E-state index contributed by atoms with van der Waals surface area (Å²) < 4.78 is 0. The van der Waals surface area contributed by atoms with Crippen LogP contribution < -0.4 is 0 Å². The molecule has 0 nitrogen and oxygen atoms in total. The van der Waals surface area contributed by atoms with Gasteiger partial charge in [-0.3, -0.25) is 0 Å². The van der Waals surface area contributed by atoms with Crippen molar-refractivity contribution in [3.63, 3.8) is 0 Å². The largest absolute Gasteiger partial charge is 0.127 e. The molecule has 0 N–H and O–H groups in total. The van der Waals surface area contributed by atoms with Crippen molar-refractivity contribution in [1.29, 1.82) is 0 Å². The first-order valence-electron chi connectivity index (χ1n) is 5.84. The Morgan fingerprint density at radius 3 is 1.29 bits per heavy atom. The van der Waals surface area contributed by atoms with E-state index in [2.05, 4.69) is 62.5 Å². The Hall–Kier alpha value is -0.0357. The van der Waals surface area contributed by atoms with E-state index in [4.69, 9.17) is 11.6 Å². The molecule has 0 aromatic rings. The minimum absolute atomic E-state index is 0. The first kappa shape index (κ1) is 17.0. The van der Waals surface area contributed by atoms with Gasteiger partial charge in [-0.25, -0.2) is 0 Å². The van der Waals surface area contributed by atoms with Gasteiger partial charge in [-0.15, -0.1) is 11.6 Å². The van der Waals surface area contributed by atoms with Gasteiger partial charge in [0.25, 0.3) is 0 Å². The van der Waals surface area contributed by atoms with Crippen LogP contribution in [0.2, 0.25) is 0 Å². The number of alkyl halides is 1. The van der Waals surface area contributed by atoms with Gasteiger partial charge >= 0.3 is 0 Å². The molecule has 0 radical (unpaired) electrons. The van der Waals surface area contributed by atoms with Crippen LogP contribution >= 0.6 is 11.6 Å². The third-order valence-corrected chi connectivity index (χ3v) is 2.89. The summed E-state index contributed by atoms with van der Waals surface area (Å²) in [4.78, 5) is 0. The Kier molecular flexibility index (Phi) is 7.39. The molecule has 0 saturated heterocycles. The number of hydrogen-bond donors (Lipinski definition) is 0. The zero-order valence-corrected chi connectivity index (χ0v) is 13.2. The van der Waals surface area contributed by atoms with Crippen LogP contribution in [-0.2, 0) is 21.7 Å². The Labute approximate surface area is 125 Å². The summed E-state index contributed by atoms with van der Waals surface area (Å²) in [5.41, 5.74) is 0.515. The Bertz CT molecular complexity index is 281. The predicted octanol–water partition coefficient (Wildman–Crippen LogP) is 4.88. The van der Waals surface area contributed by atoms with Gasteiger partial charge in [-0.1, -0.05) is 69.4 Å². The number of hydrogen-bond acceptors (Lipinski definition) is 0. The van der Waals surface area contributed by atoms with Gasteiger partial charge in [0.1, 0.15) is 0 Å². The third kappa shape index (κ3) is 5.42. The maximum atomic E-state index is 5.00. The standard InChI is InChI=1S/C13H16.C2H5Cl.Ti/c1-12(7-3-4-8-12)11-13(2)9-5-6-10-13;1-2-3;/h3-10H,11H2,1-2H3;2H2,1H3;. The number of allylic oxidation sites excluding steroid dienone is 8. The van der Waals surface area contributed by atoms with Gasteiger partial charge < -0.3 is 0 Å². The van der Waals surface area contributed by atoms with Crippen LogP contribution in [-0.4, -0.2) is 5.88 Å². The molecule has 0 aliphatic heterocycles. The van der Waals surface area contributed by atoms with E-state index in [1.807, 2.05) is 6.92 Å². The van der Waals surface area contributed by atoms with E-state index in [1.54, 1.807) is 0 Å². The van der Waals surface area contributed by atoms with Crippen molar-refractivity contribution in [2.75, 3.05) is 5.88 Å². The molecule has 2 rings (SSSR count). The zero-order valence-electron chi connectivity index (χ0n) is 10.9. The first-order valence-corrected chi connectivity index (χ1v) is 6.37. The van der Waals surface area contributed by atoms with E-state index in [0.717, 1.165) is 5.88 Å². The molecule has 0 heterocycles. The molecule has 17 heavy (non-hydrogen) atoms. The fourth-order valence-electron chi connectivity index (χ4n) is 2.27. The van der Waals surface area contributed by atoms with Crippen LogP contribution in [0.25, 0.3) is 0 Å². The number of rotatable bonds is 2. The molecular weight excluding hydrogens is 263 g/mol. The molecule has 0 aromatic carbocycles. The average Bonchev–Trinajstić information content (AvgIpc) is 2.77. The average molecular weight is 285 g/mol. The van der Waals surface area contributed by atoms with Crippen molar-refractivity contribution in [2.24, 2.45) is 10.8 Å². The van der Waals surface area contributed by atoms with E-state index in [9.17, 15) is 0 Å². The summed E-state index contributed by atoms with van der Waals surface area (Å²) in [5.74, 6) is 0.722. The van der Waals surface area contributed by atoms with Crippen molar-refractivity contribution in [3.05, 3.63) is 48.6 Å². The molecule has 0 spiro atoms. The van der Waals surface area contributed by atoms with Crippen LogP contribution in [0, 0.1) is 10.8 Å². The summed E-state index contributed by atoms with van der Waals surface area (Å²) in [5, 5.41) is 0. The second-order valence-corrected chi connectivity index (χ2v) is 5.43.